The van der Waals surface area contributed by atoms with E-state index in [1.807, 2.05) is 0 Å². The first-order chi connectivity index (χ1) is 17.4. The summed E-state index contributed by atoms with van der Waals surface area (Å²) in [6.45, 7) is 4.22. The van der Waals surface area contributed by atoms with Crippen molar-refractivity contribution in [2.45, 2.75) is 31.6 Å². The molecule has 1 heterocycles. The maximum atomic E-state index is 15.0. The fraction of sp³-hybridized carbons (Fsp3) is 0.357. The van der Waals surface area contributed by atoms with Crippen LogP contribution in [0.25, 0.3) is 22.3 Å². The number of hydrogen-bond acceptors (Lipinski definition) is 3. The van der Waals surface area contributed by atoms with Crippen molar-refractivity contribution in [1.29, 1.82) is 0 Å². The summed E-state index contributed by atoms with van der Waals surface area (Å²) in [6.07, 6.45) is 3.02. The second-order valence-electron chi connectivity index (χ2n) is 8.81. The maximum Gasteiger partial charge on any atom is 0.194 e. The lowest BCUT2D eigenvalue weighted by atomic mass is 9.98. The van der Waals surface area contributed by atoms with Crippen molar-refractivity contribution < 1.29 is 31.4 Å². The molecule has 2 nitrogen and oxygen atoms in total. The van der Waals surface area contributed by atoms with Crippen molar-refractivity contribution in [2.75, 3.05) is 25.6 Å². The van der Waals surface area contributed by atoms with E-state index in [1.165, 1.54) is 18.2 Å². The monoisotopic (exact) mass is 522 g/mol. The van der Waals surface area contributed by atoms with E-state index in [-0.39, 0.29) is 27.7 Å². The summed E-state index contributed by atoms with van der Waals surface area (Å²) in [4.78, 5) is 0. The van der Waals surface area contributed by atoms with Gasteiger partial charge in [0.15, 0.2) is 17.5 Å². The van der Waals surface area contributed by atoms with Gasteiger partial charge in [-0.1, -0.05) is 31.2 Å². The van der Waals surface area contributed by atoms with E-state index in [0.717, 1.165) is 56.4 Å². The quantitative estimate of drug-likeness (QED) is 0.160. The van der Waals surface area contributed by atoms with E-state index in [4.69, 9.17) is 9.47 Å². The Hall–Kier alpha value is -2.42. The molecule has 2 unspecified atom stereocenters. The third kappa shape index (κ3) is 6.28. The first-order valence-corrected chi connectivity index (χ1v) is 13.0. The Morgan fingerprint density at radius 2 is 1.50 bits per heavy atom. The van der Waals surface area contributed by atoms with Crippen molar-refractivity contribution in [3.63, 3.8) is 0 Å². The molecular formula is C28H27F5O2S. The number of thioether (sulfide) groups is 1. The molecule has 1 aliphatic heterocycles. The largest absolute Gasteiger partial charge is 0.381 e. The van der Waals surface area contributed by atoms with Gasteiger partial charge in [-0.2, -0.15) is 0 Å². The number of ether oxygens (including phenoxy) is 2. The molecule has 192 valence electrons. The lowest BCUT2D eigenvalue weighted by Crippen LogP contribution is -2.21. The zero-order valence-electron chi connectivity index (χ0n) is 19.8. The molecule has 0 amide bonds. The van der Waals surface area contributed by atoms with Crippen LogP contribution in [0.5, 0.6) is 0 Å². The first-order valence-electron chi connectivity index (χ1n) is 11.9. The minimum absolute atomic E-state index is 0.118. The molecule has 8 heteroatoms. The van der Waals surface area contributed by atoms with Crippen molar-refractivity contribution in [2.24, 2.45) is 5.92 Å². The van der Waals surface area contributed by atoms with E-state index in [2.05, 4.69) is 6.92 Å². The van der Waals surface area contributed by atoms with Crippen LogP contribution in [0.1, 0.15) is 37.2 Å². The van der Waals surface area contributed by atoms with Gasteiger partial charge in [-0.05, 0) is 66.1 Å². The summed E-state index contributed by atoms with van der Waals surface area (Å²) < 4.78 is 81.6. The molecule has 0 bridgehead atoms. The van der Waals surface area contributed by atoms with Crippen LogP contribution in [-0.2, 0) is 9.47 Å². The predicted molar refractivity (Wildman–Crippen MR) is 132 cm³/mol. The van der Waals surface area contributed by atoms with Gasteiger partial charge in [0.2, 0.25) is 0 Å². The molecule has 1 aliphatic rings. The lowest BCUT2D eigenvalue weighted by Gasteiger charge is -2.29. The fourth-order valence-corrected chi connectivity index (χ4v) is 5.39. The van der Waals surface area contributed by atoms with Gasteiger partial charge in [0.1, 0.15) is 17.1 Å². The molecule has 0 spiro atoms. The van der Waals surface area contributed by atoms with Crippen LogP contribution >= 0.6 is 11.8 Å². The minimum atomic E-state index is -1.62. The van der Waals surface area contributed by atoms with Gasteiger partial charge in [-0.3, -0.25) is 0 Å². The van der Waals surface area contributed by atoms with Gasteiger partial charge >= 0.3 is 0 Å². The zero-order valence-corrected chi connectivity index (χ0v) is 20.7. The van der Waals surface area contributed by atoms with E-state index in [1.54, 1.807) is 23.9 Å². The van der Waals surface area contributed by atoms with Crippen molar-refractivity contribution in [1.82, 2.24) is 0 Å². The molecule has 0 saturated carbocycles. The van der Waals surface area contributed by atoms with Crippen LogP contribution in [-0.4, -0.2) is 25.6 Å². The third-order valence-corrected chi connectivity index (χ3v) is 7.43. The molecular weight excluding hydrogens is 495 g/mol. The highest BCUT2D eigenvalue weighted by Crippen LogP contribution is 2.39. The fourth-order valence-electron chi connectivity index (χ4n) is 4.16. The molecule has 0 aliphatic carbocycles. The Bertz CT molecular complexity index is 1170. The summed E-state index contributed by atoms with van der Waals surface area (Å²) in [7, 11) is 0. The molecule has 0 aromatic heterocycles. The van der Waals surface area contributed by atoms with Crippen molar-refractivity contribution in [3.8, 4) is 22.3 Å². The summed E-state index contributed by atoms with van der Waals surface area (Å²) in [5.41, 5.74) is 0.609. The van der Waals surface area contributed by atoms with Gasteiger partial charge in [0.25, 0.3) is 0 Å². The van der Waals surface area contributed by atoms with Crippen molar-refractivity contribution >= 4 is 11.8 Å². The highest BCUT2D eigenvalue weighted by Gasteiger charge is 2.24. The smallest absolute Gasteiger partial charge is 0.194 e. The average Bonchev–Trinajstić information content (AvgIpc) is 2.87. The number of benzene rings is 3. The summed E-state index contributed by atoms with van der Waals surface area (Å²) >= 11 is 1.63. The van der Waals surface area contributed by atoms with Crippen LogP contribution in [0, 0.1) is 35.0 Å². The third-order valence-electron chi connectivity index (χ3n) is 6.06. The van der Waals surface area contributed by atoms with E-state index in [0.29, 0.717) is 18.1 Å². The normalized spacial score (nSPS) is 17.9. The van der Waals surface area contributed by atoms with E-state index >= 15 is 0 Å². The van der Waals surface area contributed by atoms with Gasteiger partial charge in [0.05, 0.1) is 6.61 Å². The summed E-state index contributed by atoms with van der Waals surface area (Å²) in [5.74, 6) is -4.43. The molecule has 1 fully saturated rings. The zero-order chi connectivity index (χ0) is 25.7. The van der Waals surface area contributed by atoms with Gasteiger partial charge in [-0.25, -0.2) is 22.0 Å². The molecule has 3 aromatic carbocycles. The molecule has 0 radical (unpaired) electrons. The van der Waals surface area contributed by atoms with Gasteiger partial charge in [-0.15, -0.1) is 11.8 Å². The van der Waals surface area contributed by atoms with Gasteiger partial charge < -0.3 is 9.47 Å². The van der Waals surface area contributed by atoms with Crippen LogP contribution in [0.3, 0.4) is 0 Å². The SMILES string of the molecule is CCCOCCCC1COC(c2ccc(-c3ccc(-c4cc(F)c(F)c(F)c4)c(F)c3)c(F)c2)SC1. The molecule has 2 atom stereocenters. The average molecular weight is 523 g/mol. The summed E-state index contributed by atoms with van der Waals surface area (Å²) in [6, 6.07) is 9.99. The van der Waals surface area contributed by atoms with Gasteiger partial charge in [0, 0.05) is 30.1 Å². The second-order valence-corrected chi connectivity index (χ2v) is 9.90. The Kier molecular flexibility index (Phi) is 9.04. The highest BCUT2D eigenvalue weighted by molar-refractivity contribution is 7.99. The number of hydrogen-bond donors (Lipinski definition) is 0. The second kappa shape index (κ2) is 12.2. The first kappa shape index (κ1) is 26.6. The van der Waals surface area contributed by atoms with E-state index in [9.17, 15) is 22.0 Å². The molecule has 0 N–H and O–H groups in total. The predicted octanol–water partition coefficient (Wildman–Crippen LogP) is 8.30. The Balaban J connectivity index is 1.41. The van der Waals surface area contributed by atoms with E-state index < -0.39 is 29.1 Å². The summed E-state index contributed by atoms with van der Waals surface area (Å²) in [5, 5.41) is 0. The lowest BCUT2D eigenvalue weighted by molar-refractivity contribution is 0.0672. The molecule has 36 heavy (non-hydrogen) atoms. The van der Waals surface area contributed by atoms with Crippen molar-refractivity contribution in [3.05, 3.63) is 83.2 Å². The van der Waals surface area contributed by atoms with Crippen LogP contribution < -0.4 is 0 Å². The van der Waals surface area contributed by atoms with Crippen LogP contribution in [0.15, 0.2) is 48.5 Å². The molecule has 1 saturated heterocycles. The number of halogens is 5. The number of rotatable bonds is 9. The van der Waals surface area contributed by atoms with Crippen LogP contribution in [0.2, 0.25) is 0 Å². The Morgan fingerprint density at radius 1 is 0.833 bits per heavy atom. The molecule has 4 rings (SSSR count). The molecule has 3 aromatic rings. The van der Waals surface area contributed by atoms with Crippen LogP contribution in [0.4, 0.5) is 22.0 Å². The maximum absolute atomic E-state index is 15.0. The highest BCUT2D eigenvalue weighted by atomic mass is 32.2. The topological polar surface area (TPSA) is 18.5 Å². The Labute approximate surface area is 211 Å². The minimum Gasteiger partial charge on any atom is -0.381 e. The Morgan fingerprint density at radius 3 is 2.14 bits per heavy atom. The standard InChI is InChI=1S/C28H27F5O2S/c1-2-9-34-10-3-4-17-15-35-28(36-16-17)19-6-8-21(24(30)12-19)18-5-7-22(23(29)11-18)20-13-25(31)27(33)26(32)14-20/h5-8,11-14,17,28H,2-4,9-10,15-16H2,1H3.